The lowest BCUT2D eigenvalue weighted by molar-refractivity contribution is 0.0490. The van der Waals surface area contributed by atoms with Crippen molar-refractivity contribution in [1.29, 1.82) is 0 Å². The van der Waals surface area contributed by atoms with Crippen LogP contribution in [0.2, 0.25) is 0 Å². The molecule has 4 rings (SSSR count). The maximum Gasteiger partial charge on any atom is 0.374 e. The maximum atomic E-state index is 12.2. The summed E-state index contributed by atoms with van der Waals surface area (Å²) in [5.74, 6) is 0.232. The number of tetrazole rings is 1. The van der Waals surface area contributed by atoms with E-state index in [9.17, 15) is 4.79 Å². The minimum absolute atomic E-state index is 0.178. The smallest absolute Gasteiger partial charge is 0.374 e. The fourth-order valence-electron chi connectivity index (χ4n) is 2.58. The fraction of sp³-hybridized carbons (Fsp3) is 0.176. The first-order valence-electron chi connectivity index (χ1n) is 7.74. The molecular formula is C17H14N4O3S. The summed E-state index contributed by atoms with van der Waals surface area (Å²) in [6.07, 6.45) is 0. The molecule has 3 heterocycles. The van der Waals surface area contributed by atoms with Crippen LogP contribution in [0.25, 0.3) is 22.4 Å². The molecule has 0 aliphatic heterocycles. The standard InChI is InChI=1S/C17H14N4O3S/c1-2-23-17(22)15-13(12-5-3-4-6-14(12)24-15)9-21-19-16(18-20-21)11-7-8-25-10-11/h3-8,10H,2,9H2,1H3. The fourth-order valence-corrected chi connectivity index (χ4v) is 3.21. The van der Waals surface area contributed by atoms with Crippen molar-refractivity contribution < 1.29 is 13.9 Å². The van der Waals surface area contributed by atoms with Gasteiger partial charge in [-0.25, -0.2) is 4.79 Å². The lowest BCUT2D eigenvalue weighted by Crippen LogP contribution is -2.10. The number of carbonyl (C=O) groups excluding carboxylic acids is 1. The molecule has 8 heteroatoms. The number of benzene rings is 1. The molecule has 0 N–H and O–H groups in total. The van der Waals surface area contributed by atoms with Crippen molar-refractivity contribution in [3.8, 4) is 11.4 Å². The first kappa shape index (κ1) is 15.5. The van der Waals surface area contributed by atoms with E-state index >= 15 is 0 Å². The lowest BCUT2D eigenvalue weighted by Gasteiger charge is -2.02. The SMILES string of the molecule is CCOC(=O)c1oc2ccccc2c1Cn1nnc(-c2ccsc2)n1. The van der Waals surface area contributed by atoms with Crippen LogP contribution in [0.15, 0.2) is 45.5 Å². The molecular weight excluding hydrogens is 340 g/mol. The van der Waals surface area contributed by atoms with Gasteiger partial charge in [0, 0.05) is 21.9 Å². The maximum absolute atomic E-state index is 12.2. The van der Waals surface area contributed by atoms with Gasteiger partial charge in [0.2, 0.25) is 11.6 Å². The largest absolute Gasteiger partial charge is 0.460 e. The van der Waals surface area contributed by atoms with Crippen LogP contribution in [-0.2, 0) is 11.3 Å². The van der Waals surface area contributed by atoms with Gasteiger partial charge in [0.1, 0.15) is 5.58 Å². The molecule has 4 aromatic rings. The number of aromatic nitrogens is 4. The van der Waals surface area contributed by atoms with E-state index in [4.69, 9.17) is 9.15 Å². The van der Waals surface area contributed by atoms with E-state index in [0.29, 0.717) is 17.0 Å². The highest BCUT2D eigenvalue weighted by molar-refractivity contribution is 7.08. The van der Waals surface area contributed by atoms with Gasteiger partial charge in [-0.05, 0) is 29.6 Å². The van der Waals surface area contributed by atoms with Gasteiger partial charge in [0.25, 0.3) is 0 Å². The molecule has 3 aromatic heterocycles. The van der Waals surface area contributed by atoms with Gasteiger partial charge in [-0.3, -0.25) is 0 Å². The Morgan fingerprint density at radius 2 is 2.20 bits per heavy atom. The number of ether oxygens (including phenoxy) is 1. The third-order valence-corrected chi connectivity index (χ3v) is 4.37. The zero-order valence-corrected chi connectivity index (χ0v) is 14.2. The number of thiophene rings is 1. The van der Waals surface area contributed by atoms with E-state index in [1.165, 1.54) is 4.80 Å². The minimum atomic E-state index is -0.494. The molecule has 0 atom stereocenters. The summed E-state index contributed by atoms with van der Waals surface area (Å²) in [7, 11) is 0. The van der Waals surface area contributed by atoms with Gasteiger partial charge in [0.15, 0.2) is 0 Å². The summed E-state index contributed by atoms with van der Waals surface area (Å²) >= 11 is 1.57. The van der Waals surface area contributed by atoms with Crippen molar-refractivity contribution in [3.63, 3.8) is 0 Å². The number of rotatable bonds is 5. The summed E-state index contributed by atoms with van der Waals surface area (Å²) in [5, 5.41) is 17.3. The molecule has 0 unspecified atom stereocenters. The molecule has 0 aliphatic rings. The molecule has 0 saturated carbocycles. The van der Waals surface area contributed by atoms with Crippen molar-refractivity contribution in [2.24, 2.45) is 0 Å². The third-order valence-electron chi connectivity index (χ3n) is 3.69. The summed E-state index contributed by atoms with van der Waals surface area (Å²) < 4.78 is 10.8. The third kappa shape index (κ3) is 2.91. The second kappa shape index (κ2) is 6.48. The molecule has 0 aliphatic carbocycles. The number of hydrogen-bond acceptors (Lipinski definition) is 7. The van der Waals surface area contributed by atoms with E-state index in [1.54, 1.807) is 18.3 Å². The topological polar surface area (TPSA) is 83.0 Å². The Bertz CT molecular complexity index is 1020. The van der Waals surface area contributed by atoms with Crippen molar-refractivity contribution in [2.75, 3.05) is 6.61 Å². The predicted octanol–water partition coefficient (Wildman–Crippen LogP) is 3.37. The van der Waals surface area contributed by atoms with Crippen molar-refractivity contribution in [1.82, 2.24) is 20.2 Å². The van der Waals surface area contributed by atoms with Crippen LogP contribution in [0, 0.1) is 0 Å². The molecule has 0 fully saturated rings. The quantitative estimate of drug-likeness (QED) is 0.511. The van der Waals surface area contributed by atoms with E-state index in [0.717, 1.165) is 10.9 Å². The summed E-state index contributed by atoms with van der Waals surface area (Å²) in [6.45, 7) is 2.30. The van der Waals surface area contributed by atoms with Crippen molar-refractivity contribution in [2.45, 2.75) is 13.5 Å². The van der Waals surface area contributed by atoms with E-state index < -0.39 is 5.97 Å². The van der Waals surface area contributed by atoms with Gasteiger partial charge in [-0.2, -0.15) is 16.1 Å². The Morgan fingerprint density at radius 3 is 3.00 bits per heavy atom. The zero-order chi connectivity index (χ0) is 17.2. The van der Waals surface area contributed by atoms with E-state index in [-0.39, 0.29) is 18.9 Å². The van der Waals surface area contributed by atoms with Crippen LogP contribution < -0.4 is 0 Å². The number of esters is 1. The Kier molecular flexibility index (Phi) is 4.02. The Morgan fingerprint density at radius 1 is 1.32 bits per heavy atom. The van der Waals surface area contributed by atoms with E-state index in [1.807, 2.05) is 41.1 Å². The number of nitrogens with zero attached hydrogens (tertiary/aromatic N) is 4. The lowest BCUT2D eigenvalue weighted by atomic mass is 10.1. The summed E-state index contributed by atoms with van der Waals surface area (Å²) in [5.41, 5.74) is 2.22. The highest BCUT2D eigenvalue weighted by atomic mass is 32.1. The molecule has 0 bridgehead atoms. The second-order valence-electron chi connectivity index (χ2n) is 5.28. The Labute approximate surface area is 146 Å². The monoisotopic (exact) mass is 354 g/mol. The average Bonchev–Trinajstić information content (AvgIpc) is 3.35. The van der Waals surface area contributed by atoms with Gasteiger partial charge < -0.3 is 9.15 Å². The van der Waals surface area contributed by atoms with Crippen LogP contribution in [0.3, 0.4) is 0 Å². The summed E-state index contributed by atoms with van der Waals surface area (Å²) in [4.78, 5) is 13.7. The Balaban J connectivity index is 1.73. The van der Waals surface area contributed by atoms with Gasteiger partial charge in [-0.1, -0.05) is 18.2 Å². The number of furan rings is 1. The second-order valence-corrected chi connectivity index (χ2v) is 6.06. The molecule has 0 amide bonds. The van der Waals surface area contributed by atoms with Gasteiger partial charge in [-0.15, -0.1) is 10.2 Å². The minimum Gasteiger partial charge on any atom is -0.460 e. The average molecular weight is 354 g/mol. The molecule has 0 radical (unpaired) electrons. The molecule has 7 nitrogen and oxygen atoms in total. The first-order chi connectivity index (χ1) is 12.3. The number of para-hydroxylation sites is 1. The molecule has 25 heavy (non-hydrogen) atoms. The number of hydrogen-bond donors (Lipinski definition) is 0. The summed E-state index contributed by atoms with van der Waals surface area (Å²) in [6, 6.07) is 9.39. The van der Waals surface area contributed by atoms with Crippen LogP contribution in [0.1, 0.15) is 23.0 Å². The zero-order valence-electron chi connectivity index (χ0n) is 13.4. The van der Waals surface area contributed by atoms with Crippen LogP contribution in [0.4, 0.5) is 0 Å². The van der Waals surface area contributed by atoms with Crippen molar-refractivity contribution >= 4 is 28.3 Å². The highest BCUT2D eigenvalue weighted by Gasteiger charge is 2.22. The van der Waals surface area contributed by atoms with Crippen LogP contribution in [-0.4, -0.2) is 32.8 Å². The first-order valence-corrected chi connectivity index (χ1v) is 8.68. The predicted molar refractivity (Wildman–Crippen MR) is 92.4 cm³/mol. The number of fused-ring (bicyclic) bond motifs is 1. The van der Waals surface area contributed by atoms with Crippen LogP contribution in [0.5, 0.6) is 0 Å². The van der Waals surface area contributed by atoms with Gasteiger partial charge in [0.05, 0.1) is 13.2 Å². The normalized spacial score (nSPS) is 11.1. The highest BCUT2D eigenvalue weighted by Crippen LogP contribution is 2.27. The number of carbonyl (C=O) groups is 1. The molecule has 1 aromatic carbocycles. The Hall–Kier alpha value is -3.00. The van der Waals surface area contributed by atoms with Crippen molar-refractivity contribution in [3.05, 3.63) is 52.4 Å². The molecule has 126 valence electrons. The van der Waals surface area contributed by atoms with Crippen LogP contribution >= 0.6 is 11.3 Å². The van der Waals surface area contributed by atoms with Gasteiger partial charge >= 0.3 is 5.97 Å². The van der Waals surface area contributed by atoms with E-state index in [2.05, 4.69) is 15.4 Å². The molecule has 0 saturated heterocycles. The molecule has 0 spiro atoms.